The van der Waals surface area contributed by atoms with Crippen molar-refractivity contribution in [3.05, 3.63) is 29.7 Å². The topological polar surface area (TPSA) is 76.8 Å². The van der Waals surface area contributed by atoms with Crippen molar-refractivity contribution in [3.8, 4) is 0 Å². The summed E-state index contributed by atoms with van der Waals surface area (Å²) in [4.78, 5) is 31.0. The van der Waals surface area contributed by atoms with Crippen molar-refractivity contribution in [1.82, 2.24) is 19.5 Å². The van der Waals surface area contributed by atoms with Crippen molar-refractivity contribution in [2.24, 2.45) is 5.41 Å². The zero-order valence-corrected chi connectivity index (χ0v) is 13.7. The van der Waals surface area contributed by atoms with Gasteiger partial charge in [0.1, 0.15) is 11.3 Å². The van der Waals surface area contributed by atoms with Gasteiger partial charge < -0.3 is 9.64 Å². The summed E-state index contributed by atoms with van der Waals surface area (Å²) >= 11 is 0. The van der Waals surface area contributed by atoms with Crippen LogP contribution in [0.3, 0.4) is 0 Å². The molecule has 1 saturated heterocycles. The number of esters is 1. The van der Waals surface area contributed by atoms with Gasteiger partial charge in [0.25, 0.3) is 5.91 Å². The molecule has 3 heterocycles. The second-order valence-corrected chi connectivity index (χ2v) is 6.67. The van der Waals surface area contributed by atoms with E-state index in [0.717, 1.165) is 19.5 Å². The number of carbonyl (C=O) groups excluding carboxylic acids is 2. The lowest BCUT2D eigenvalue weighted by Gasteiger charge is -2.37. The maximum absolute atomic E-state index is 12.9. The first-order valence-corrected chi connectivity index (χ1v) is 8.43. The first-order valence-electron chi connectivity index (χ1n) is 8.43. The van der Waals surface area contributed by atoms with Gasteiger partial charge in [-0.3, -0.25) is 4.79 Å². The fourth-order valence-corrected chi connectivity index (χ4v) is 3.76. The minimum atomic E-state index is -0.473. The van der Waals surface area contributed by atoms with Crippen LogP contribution in [0.15, 0.2) is 18.5 Å². The number of fused-ring (bicyclic) bond motifs is 1. The summed E-state index contributed by atoms with van der Waals surface area (Å²) in [5.74, 6) is -0.524. The molecule has 2 aromatic rings. The fourth-order valence-electron chi connectivity index (χ4n) is 3.76. The summed E-state index contributed by atoms with van der Waals surface area (Å²) in [5, 5.41) is 4.19. The number of amides is 1. The maximum atomic E-state index is 12.9. The van der Waals surface area contributed by atoms with Gasteiger partial charge in [-0.25, -0.2) is 14.3 Å². The Labute approximate surface area is 139 Å². The van der Waals surface area contributed by atoms with Crippen molar-refractivity contribution in [3.63, 3.8) is 0 Å². The molecule has 2 aliphatic rings. The minimum absolute atomic E-state index is 0.0512. The molecule has 7 nitrogen and oxygen atoms in total. The molecule has 0 atom stereocenters. The SMILES string of the molecule is CCOC(=O)c1cnn2c(C(=O)N3CCC4(CCC4)C3)ccnc12. The van der Waals surface area contributed by atoms with Crippen molar-refractivity contribution >= 4 is 17.5 Å². The van der Waals surface area contributed by atoms with E-state index in [1.54, 1.807) is 19.2 Å². The molecule has 0 N–H and O–H groups in total. The quantitative estimate of drug-likeness (QED) is 0.805. The first kappa shape index (κ1) is 15.1. The summed E-state index contributed by atoms with van der Waals surface area (Å²) < 4.78 is 6.46. The molecule has 1 spiro atoms. The Balaban J connectivity index is 1.65. The molecule has 0 bridgehead atoms. The van der Waals surface area contributed by atoms with E-state index in [0.29, 0.717) is 16.8 Å². The molecule has 24 heavy (non-hydrogen) atoms. The number of carbonyl (C=O) groups is 2. The third-order valence-electron chi connectivity index (χ3n) is 5.26. The Morgan fingerprint density at radius 3 is 2.83 bits per heavy atom. The van der Waals surface area contributed by atoms with Gasteiger partial charge in [-0.05, 0) is 37.7 Å². The molecular formula is C17H20N4O3. The van der Waals surface area contributed by atoms with Crippen LogP contribution >= 0.6 is 0 Å². The van der Waals surface area contributed by atoms with Gasteiger partial charge >= 0.3 is 5.97 Å². The molecule has 4 rings (SSSR count). The highest BCUT2D eigenvalue weighted by molar-refractivity contribution is 5.98. The number of ether oxygens (including phenoxy) is 1. The monoisotopic (exact) mass is 328 g/mol. The third-order valence-corrected chi connectivity index (χ3v) is 5.26. The molecule has 0 radical (unpaired) electrons. The summed E-state index contributed by atoms with van der Waals surface area (Å²) in [6, 6.07) is 1.66. The summed E-state index contributed by atoms with van der Waals surface area (Å²) in [7, 11) is 0. The molecule has 2 aromatic heterocycles. The Kier molecular flexibility index (Phi) is 3.51. The summed E-state index contributed by atoms with van der Waals surface area (Å²) in [5.41, 5.74) is 1.43. The van der Waals surface area contributed by atoms with E-state index in [2.05, 4.69) is 10.1 Å². The molecule has 1 amide bonds. The normalized spacial score (nSPS) is 18.8. The Morgan fingerprint density at radius 1 is 1.33 bits per heavy atom. The largest absolute Gasteiger partial charge is 0.462 e. The molecule has 1 aliphatic heterocycles. The average Bonchev–Trinajstić information content (AvgIpc) is 3.18. The van der Waals surface area contributed by atoms with E-state index in [1.807, 2.05) is 4.90 Å². The number of rotatable bonds is 3. The highest BCUT2D eigenvalue weighted by Gasteiger charge is 2.44. The van der Waals surface area contributed by atoms with Gasteiger partial charge in [0.05, 0.1) is 12.8 Å². The molecule has 1 saturated carbocycles. The van der Waals surface area contributed by atoms with Gasteiger partial charge in [-0.2, -0.15) is 5.10 Å². The molecule has 0 unspecified atom stereocenters. The second kappa shape index (κ2) is 5.58. The van der Waals surface area contributed by atoms with E-state index in [-0.39, 0.29) is 18.1 Å². The van der Waals surface area contributed by atoms with Crippen LogP contribution in [0.1, 0.15) is 53.5 Å². The van der Waals surface area contributed by atoms with Crippen molar-refractivity contribution in [2.45, 2.75) is 32.6 Å². The van der Waals surface area contributed by atoms with E-state index >= 15 is 0 Å². The smallest absolute Gasteiger partial charge is 0.343 e. The third kappa shape index (κ3) is 2.26. The Bertz CT molecular complexity index is 809. The van der Waals surface area contributed by atoms with E-state index in [9.17, 15) is 9.59 Å². The Hall–Kier alpha value is -2.44. The minimum Gasteiger partial charge on any atom is -0.462 e. The van der Waals surface area contributed by atoms with E-state index in [1.165, 1.54) is 30.0 Å². The highest BCUT2D eigenvalue weighted by atomic mass is 16.5. The van der Waals surface area contributed by atoms with Crippen LogP contribution in [-0.4, -0.2) is 51.1 Å². The van der Waals surface area contributed by atoms with Crippen LogP contribution in [0, 0.1) is 5.41 Å². The summed E-state index contributed by atoms with van der Waals surface area (Å²) in [6.07, 6.45) is 7.75. The predicted molar refractivity (Wildman–Crippen MR) is 85.7 cm³/mol. The first-order chi connectivity index (χ1) is 11.6. The van der Waals surface area contributed by atoms with Crippen LogP contribution in [0.4, 0.5) is 0 Å². The second-order valence-electron chi connectivity index (χ2n) is 6.67. The van der Waals surface area contributed by atoms with Crippen LogP contribution < -0.4 is 0 Å². The number of aromatic nitrogens is 3. The summed E-state index contributed by atoms with van der Waals surface area (Å²) in [6.45, 7) is 3.64. The van der Waals surface area contributed by atoms with Crippen LogP contribution in [0.2, 0.25) is 0 Å². The number of likely N-dealkylation sites (tertiary alicyclic amines) is 1. The van der Waals surface area contributed by atoms with E-state index in [4.69, 9.17) is 4.74 Å². The fraction of sp³-hybridized carbons (Fsp3) is 0.529. The van der Waals surface area contributed by atoms with Crippen LogP contribution in [0.25, 0.3) is 5.65 Å². The van der Waals surface area contributed by atoms with Gasteiger partial charge in [-0.15, -0.1) is 0 Å². The molecule has 126 valence electrons. The van der Waals surface area contributed by atoms with Crippen molar-refractivity contribution in [2.75, 3.05) is 19.7 Å². The maximum Gasteiger partial charge on any atom is 0.343 e. The van der Waals surface area contributed by atoms with Crippen LogP contribution in [0.5, 0.6) is 0 Å². The standard InChI is InChI=1S/C17H20N4O3/c1-2-24-16(23)12-10-19-21-13(4-8-18-14(12)21)15(22)20-9-7-17(11-20)5-3-6-17/h4,8,10H,2-3,5-7,9,11H2,1H3. The number of nitrogens with zero attached hydrogens (tertiary/aromatic N) is 4. The predicted octanol–water partition coefficient (Wildman–Crippen LogP) is 1.92. The number of hydrogen-bond donors (Lipinski definition) is 0. The molecule has 2 fully saturated rings. The molecular weight excluding hydrogens is 308 g/mol. The number of hydrogen-bond acceptors (Lipinski definition) is 5. The van der Waals surface area contributed by atoms with E-state index < -0.39 is 5.97 Å². The lowest BCUT2D eigenvalue weighted by molar-refractivity contribution is 0.0528. The highest BCUT2D eigenvalue weighted by Crippen LogP contribution is 2.48. The lowest BCUT2D eigenvalue weighted by atomic mass is 9.68. The van der Waals surface area contributed by atoms with Gasteiger partial charge in [0.2, 0.25) is 0 Å². The van der Waals surface area contributed by atoms with Gasteiger partial charge in [-0.1, -0.05) is 6.42 Å². The molecule has 0 aromatic carbocycles. The Morgan fingerprint density at radius 2 is 2.17 bits per heavy atom. The van der Waals surface area contributed by atoms with Gasteiger partial charge in [0, 0.05) is 19.3 Å². The zero-order valence-electron chi connectivity index (χ0n) is 13.7. The molecule has 7 heteroatoms. The average molecular weight is 328 g/mol. The van der Waals surface area contributed by atoms with Crippen molar-refractivity contribution < 1.29 is 14.3 Å². The lowest BCUT2D eigenvalue weighted by Crippen LogP contribution is -2.36. The molecule has 1 aliphatic carbocycles. The van der Waals surface area contributed by atoms with Crippen molar-refractivity contribution in [1.29, 1.82) is 0 Å². The van der Waals surface area contributed by atoms with Gasteiger partial charge in [0.15, 0.2) is 5.65 Å². The zero-order chi connectivity index (χ0) is 16.7. The van der Waals surface area contributed by atoms with Crippen LogP contribution in [-0.2, 0) is 4.74 Å².